The van der Waals surface area contributed by atoms with Crippen LogP contribution < -0.4 is 5.32 Å². The van der Waals surface area contributed by atoms with Crippen LogP contribution in [0.2, 0.25) is 0 Å². The van der Waals surface area contributed by atoms with Crippen molar-refractivity contribution in [2.24, 2.45) is 17.8 Å². The molecule has 0 aliphatic carbocycles. The topological polar surface area (TPSA) is 135 Å². The summed E-state index contributed by atoms with van der Waals surface area (Å²) in [6.07, 6.45) is 6.73. The number of carbonyl (C=O) groups is 4. The number of rotatable bonds is 9. The van der Waals surface area contributed by atoms with Gasteiger partial charge in [0.05, 0.1) is 37.3 Å². The molecule has 6 rings (SSSR count). The van der Waals surface area contributed by atoms with Crippen molar-refractivity contribution in [3.8, 4) is 0 Å². The van der Waals surface area contributed by atoms with E-state index < -0.39 is 59.6 Å². The van der Waals surface area contributed by atoms with Gasteiger partial charge in [-0.1, -0.05) is 105 Å². The molecule has 4 aliphatic heterocycles. The van der Waals surface area contributed by atoms with E-state index in [2.05, 4.69) is 5.32 Å². The van der Waals surface area contributed by atoms with Gasteiger partial charge >= 0.3 is 5.97 Å². The van der Waals surface area contributed by atoms with E-state index in [9.17, 15) is 19.5 Å². The Labute approximate surface area is 293 Å². The third kappa shape index (κ3) is 6.61. The summed E-state index contributed by atoms with van der Waals surface area (Å²) in [4.78, 5) is 60.7. The summed E-state index contributed by atoms with van der Waals surface area (Å²) in [6.45, 7) is 4.09. The first-order valence-corrected chi connectivity index (χ1v) is 17.6. The van der Waals surface area contributed by atoms with E-state index in [-0.39, 0.29) is 50.5 Å². The van der Waals surface area contributed by atoms with Crippen molar-refractivity contribution in [2.45, 2.75) is 75.6 Å². The summed E-state index contributed by atoms with van der Waals surface area (Å²) < 4.78 is 18.4. The Bertz CT molecular complexity index is 1600. The maximum absolute atomic E-state index is 15.0. The van der Waals surface area contributed by atoms with Crippen LogP contribution in [0.25, 0.3) is 0 Å². The molecule has 266 valence electrons. The fraction of sp³-hybridized carbons (Fsp3) is 0.487. The Hall–Kier alpha value is -4.32. The third-order valence-electron chi connectivity index (χ3n) is 10.7. The zero-order chi connectivity index (χ0) is 35.4. The van der Waals surface area contributed by atoms with Crippen molar-refractivity contribution in [1.29, 1.82) is 0 Å². The molecule has 2 aromatic carbocycles. The van der Waals surface area contributed by atoms with Crippen molar-refractivity contribution < 1.29 is 38.5 Å². The highest BCUT2D eigenvalue weighted by Gasteiger charge is 2.74. The molecule has 1 spiro atoms. The number of hydrogen-bond donors (Lipinski definition) is 2. The van der Waals surface area contributed by atoms with Gasteiger partial charge in [-0.3, -0.25) is 19.2 Å². The second-order valence-corrected chi connectivity index (χ2v) is 13.7. The van der Waals surface area contributed by atoms with Gasteiger partial charge in [0.15, 0.2) is 0 Å². The molecule has 2 N–H and O–H groups in total. The molecule has 11 heteroatoms. The molecule has 9 atom stereocenters. The van der Waals surface area contributed by atoms with Crippen LogP contribution in [0.1, 0.15) is 50.3 Å². The van der Waals surface area contributed by atoms with Crippen LogP contribution >= 0.6 is 0 Å². The molecule has 3 amide bonds. The third-order valence-corrected chi connectivity index (χ3v) is 10.7. The first-order chi connectivity index (χ1) is 24.2. The lowest BCUT2D eigenvalue weighted by Crippen LogP contribution is -2.59. The van der Waals surface area contributed by atoms with Crippen molar-refractivity contribution in [3.63, 3.8) is 0 Å². The summed E-state index contributed by atoms with van der Waals surface area (Å²) in [5.74, 6) is -3.97. The maximum atomic E-state index is 15.0. The first kappa shape index (κ1) is 35.5. The van der Waals surface area contributed by atoms with Gasteiger partial charge in [-0.25, -0.2) is 0 Å². The van der Waals surface area contributed by atoms with Gasteiger partial charge in [0.1, 0.15) is 23.7 Å². The predicted octanol–water partition coefficient (Wildman–Crippen LogP) is 3.34. The minimum Gasteiger partial charge on any atom is -0.455 e. The number of aliphatic hydroxyl groups excluding tert-OH is 1. The van der Waals surface area contributed by atoms with E-state index in [1.165, 1.54) is 12.0 Å². The Morgan fingerprint density at radius 3 is 2.42 bits per heavy atom. The average molecular weight is 686 g/mol. The lowest BCUT2D eigenvalue weighted by molar-refractivity contribution is -0.163. The Morgan fingerprint density at radius 1 is 1.02 bits per heavy atom. The second kappa shape index (κ2) is 15.3. The quantitative estimate of drug-likeness (QED) is 0.304. The zero-order valence-electron chi connectivity index (χ0n) is 28.9. The number of methoxy groups -OCH3 is 1. The van der Waals surface area contributed by atoms with E-state index >= 15 is 4.79 Å². The molecular weight excluding hydrogens is 638 g/mol. The number of benzene rings is 2. The fourth-order valence-corrected chi connectivity index (χ4v) is 7.96. The number of fused-ring (bicyclic) bond motifs is 2. The molecular formula is C39H47N3O8. The monoisotopic (exact) mass is 685 g/mol. The van der Waals surface area contributed by atoms with Crippen LogP contribution in [0, 0.1) is 17.8 Å². The van der Waals surface area contributed by atoms with Crippen LogP contribution in [-0.2, 0) is 39.9 Å². The standard InChI is InChI=1S/C39H47N3O8/c1-4-25(2)29(23-43)42-35-37(46)41(22-26-14-8-5-9-15-26)21-13-7-12-18-31(44)40-28(24-48-3)34(27-16-10-6-11-17-27)49-38(47)32-30-19-20-39(35,50-30)33(32)36(42)45/h5-11,13-17,19-20,25,28-30,32-35,43H,4,12,18,21-24H2,1-3H3,(H,40,44)/b13-7-/t25-,28-,29-,30+,32-,33-,34-,35+,39-/m0/s1. The summed E-state index contributed by atoms with van der Waals surface area (Å²) in [5.41, 5.74) is 0.101. The van der Waals surface area contributed by atoms with Gasteiger partial charge in [0.2, 0.25) is 17.7 Å². The molecule has 2 saturated heterocycles. The molecule has 5 bridgehead atoms. The fourth-order valence-electron chi connectivity index (χ4n) is 7.96. The SMILES string of the molecule is CC[C@H](C)[C@H](CO)N1C(=O)[C@@H]2[C@H]3C(=O)O[C@@H](c4ccccc4)[C@H](COC)NC(=O)CC/C=C\CN(Cc4ccccc4)C(=O)[C@@H]1[C@]21C=C[C@H]3O1. The largest absolute Gasteiger partial charge is 0.455 e. The molecule has 0 radical (unpaired) electrons. The summed E-state index contributed by atoms with van der Waals surface area (Å²) in [7, 11) is 1.51. The van der Waals surface area contributed by atoms with Crippen molar-refractivity contribution in [2.75, 3.05) is 26.9 Å². The number of likely N-dealkylation sites (tertiary alicyclic amines) is 1. The maximum Gasteiger partial charge on any atom is 0.313 e. The molecule has 4 heterocycles. The summed E-state index contributed by atoms with van der Waals surface area (Å²) in [6, 6.07) is 16.1. The molecule has 4 aliphatic rings. The number of ether oxygens (including phenoxy) is 3. The minimum atomic E-state index is -1.45. The molecule has 50 heavy (non-hydrogen) atoms. The summed E-state index contributed by atoms with van der Waals surface area (Å²) >= 11 is 0. The first-order valence-electron chi connectivity index (χ1n) is 17.6. The number of amides is 3. The average Bonchev–Trinajstić information content (AvgIpc) is 3.77. The highest BCUT2D eigenvalue weighted by Crippen LogP contribution is 2.56. The van der Waals surface area contributed by atoms with Gasteiger partial charge in [-0.05, 0) is 23.5 Å². The van der Waals surface area contributed by atoms with Crippen LogP contribution in [0.15, 0.2) is 85.0 Å². The Morgan fingerprint density at radius 2 is 1.74 bits per heavy atom. The van der Waals surface area contributed by atoms with E-state index in [0.29, 0.717) is 18.4 Å². The van der Waals surface area contributed by atoms with Gasteiger partial charge in [0, 0.05) is 26.6 Å². The molecule has 11 nitrogen and oxygen atoms in total. The lowest BCUT2D eigenvalue weighted by atomic mass is 9.74. The molecule has 0 saturated carbocycles. The smallest absolute Gasteiger partial charge is 0.313 e. The number of cyclic esters (lactones) is 1. The van der Waals surface area contributed by atoms with Crippen LogP contribution in [0.5, 0.6) is 0 Å². The Balaban J connectivity index is 1.46. The van der Waals surface area contributed by atoms with Crippen LogP contribution in [0.3, 0.4) is 0 Å². The lowest BCUT2D eigenvalue weighted by Gasteiger charge is -2.40. The normalized spacial score (nSPS) is 31.7. The zero-order valence-corrected chi connectivity index (χ0v) is 28.9. The van der Waals surface area contributed by atoms with E-state index in [1.54, 1.807) is 17.1 Å². The molecule has 2 fully saturated rings. The van der Waals surface area contributed by atoms with Gasteiger partial charge < -0.3 is 34.4 Å². The van der Waals surface area contributed by atoms with Gasteiger partial charge in [-0.15, -0.1) is 0 Å². The van der Waals surface area contributed by atoms with Crippen molar-refractivity contribution in [3.05, 3.63) is 96.1 Å². The highest BCUT2D eigenvalue weighted by molar-refractivity contribution is 5.99. The number of allylic oxidation sites excluding steroid dienone is 1. The minimum absolute atomic E-state index is 0.0666. The number of esters is 1. The Kier molecular flexibility index (Phi) is 10.9. The number of nitrogens with zero attached hydrogens (tertiary/aromatic N) is 2. The van der Waals surface area contributed by atoms with Gasteiger partial charge in [0.25, 0.3) is 0 Å². The van der Waals surface area contributed by atoms with E-state index in [4.69, 9.17) is 14.2 Å². The number of carbonyl (C=O) groups excluding carboxylic acids is 4. The second-order valence-electron chi connectivity index (χ2n) is 13.7. The van der Waals surface area contributed by atoms with E-state index in [0.717, 1.165) is 5.56 Å². The molecule has 0 aromatic heterocycles. The molecule has 0 unspecified atom stereocenters. The van der Waals surface area contributed by atoms with Crippen LogP contribution in [-0.4, -0.2) is 95.3 Å². The number of hydrogen-bond acceptors (Lipinski definition) is 8. The number of nitrogens with one attached hydrogen (secondary N) is 1. The number of aliphatic hydroxyl groups is 1. The summed E-state index contributed by atoms with van der Waals surface area (Å²) in [5, 5.41) is 13.8. The van der Waals surface area contributed by atoms with Gasteiger partial charge in [-0.2, -0.15) is 0 Å². The van der Waals surface area contributed by atoms with Crippen LogP contribution in [0.4, 0.5) is 0 Å². The highest BCUT2D eigenvalue weighted by atomic mass is 16.6. The molecule has 2 aromatic rings. The van der Waals surface area contributed by atoms with Crippen molar-refractivity contribution in [1.82, 2.24) is 15.1 Å². The van der Waals surface area contributed by atoms with E-state index in [1.807, 2.05) is 86.7 Å². The van der Waals surface area contributed by atoms with Crippen molar-refractivity contribution >= 4 is 23.7 Å². The predicted molar refractivity (Wildman–Crippen MR) is 184 cm³/mol.